The van der Waals surface area contributed by atoms with Crippen LogP contribution in [-0.4, -0.2) is 18.0 Å². The Morgan fingerprint density at radius 3 is 2.70 bits per heavy atom. The van der Waals surface area contributed by atoms with E-state index in [1.807, 2.05) is 0 Å². The van der Waals surface area contributed by atoms with Gasteiger partial charge in [0.1, 0.15) is 11.6 Å². The standard InChI is InChI=1S/C20H17ClFN3O2/c1-27-19-7-6-15(9-17(19)21)25-20(26)14-8-16(12-23-10-14)24-11-13-4-2-3-5-18(13)22/h2-10,12,24H,11H2,1H3,(H,25,26). The number of pyridine rings is 1. The topological polar surface area (TPSA) is 63.2 Å². The van der Waals surface area contributed by atoms with Gasteiger partial charge in [-0.25, -0.2) is 4.39 Å². The predicted molar refractivity (Wildman–Crippen MR) is 104 cm³/mol. The molecule has 0 aliphatic carbocycles. The van der Waals surface area contributed by atoms with Crippen molar-refractivity contribution < 1.29 is 13.9 Å². The molecule has 1 amide bonds. The summed E-state index contributed by atoms with van der Waals surface area (Å²) in [4.78, 5) is 16.5. The molecule has 0 radical (unpaired) electrons. The van der Waals surface area contributed by atoms with Crippen molar-refractivity contribution in [1.29, 1.82) is 0 Å². The predicted octanol–water partition coefficient (Wildman–Crippen LogP) is 4.75. The number of nitrogens with zero attached hydrogens (tertiary/aromatic N) is 1. The van der Waals surface area contributed by atoms with Gasteiger partial charge in [0.25, 0.3) is 5.91 Å². The van der Waals surface area contributed by atoms with E-state index in [0.29, 0.717) is 33.3 Å². The minimum Gasteiger partial charge on any atom is -0.495 e. The van der Waals surface area contributed by atoms with Crippen LogP contribution in [0.2, 0.25) is 5.02 Å². The number of benzene rings is 2. The molecule has 1 aromatic heterocycles. The van der Waals surface area contributed by atoms with Crippen molar-refractivity contribution in [2.75, 3.05) is 17.7 Å². The lowest BCUT2D eigenvalue weighted by Crippen LogP contribution is -2.13. The minimum atomic E-state index is -0.335. The van der Waals surface area contributed by atoms with Gasteiger partial charge in [0.15, 0.2) is 0 Å². The summed E-state index contributed by atoms with van der Waals surface area (Å²) in [5, 5.41) is 6.22. The maximum absolute atomic E-state index is 13.7. The Hall–Kier alpha value is -3.12. The first-order chi connectivity index (χ1) is 13.1. The molecule has 0 aliphatic heterocycles. The van der Waals surface area contributed by atoms with Crippen molar-refractivity contribution in [3.63, 3.8) is 0 Å². The molecule has 138 valence electrons. The normalized spacial score (nSPS) is 10.3. The summed E-state index contributed by atoms with van der Waals surface area (Å²) in [6.45, 7) is 0.285. The van der Waals surface area contributed by atoms with E-state index < -0.39 is 0 Å². The molecule has 2 N–H and O–H groups in total. The average molecular weight is 386 g/mol. The molecule has 3 aromatic rings. The number of aromatic nitrogens is 1. The van der Waals surface area contributed by atoms with Crippen molar-refractivity contribution in [3.8, 4) is 5.75 Å². The Bertz CT molecular complexity index is 965. The van der Waals surface area contributed by atoms with Crippen LogP contribution >= 0.6 is 11.6 Å². The third-order valence-electron chi connectivity index (χ3n) is 3.85. The van der Waals surface area contributed by atoms with Crippen LogP contribution in [0.25, 0.3) is 0 Å². The number of carbonyl (C=O) groups is 1. The molecular formula is C20H17ClFN3O2. The highest BCUT2D eigenvalue weighted by Gasteiger charge is 2.10. The summed E-state index contributed by atoms with van der Waals surface area (Å²) >= 11 is 6.07. The van der Waals surface area contributed by atoms with Gasteiger partial charge in [0.05, 0.1) is 23.4 Å². The first-order valence-corrected chi connectivity index (χ1v) is 8.52. The molecule has 2 aromatic carbocycles. The van der Waals surface area contributed by atoms with Crippen molar-refractivity contribution in [2.24, 2.45) is 0 Å². The molecule has 0 atom stereocenters. The van der Waals surface area contributed by atoms with E-state index in [1.54, 1.807) is 48.7 Å². The molecule has 0 fully saturated rings. The second-order valence-electron chi connectivity index (χ2n) is 5.71. The highest BCUT2D eigenvalue weighted by molar-refractivity contribution is 6.32. The number of amides is 1. The Kier molecular flexibility index (Phi) is 5.88. The van der Waals surface area contributed by atoms with Crippen LogP contribution in [0.1, 0.15) is 15.9 Å². The minimum absolute atomic E-state index is 0.285. The molecule has 27 heavy (non-hydrogen) atoms. The van der Waals surface area contributed by atoms with Gasteiger partial charge in [0, 0.05) is 30.2 Å². The van der Waals surface area contributed by atoms with Gasteiger partial charge in [-0.3, -0.25) is 9.78 Å². The van der Waals surface area contributed by atoms with Gasteiger partial charge in [-0.1, -0.05) is 29.8 Å². The summed E-state index contributed by atoms with van der Waals surface area (Å²) < 4.78 is 18.8. The fourth-order valence-corrected chi connectivity index (χ4v) is 2.70. The molecule has 0 saturated carbocycles. The van der Waals surface area contributed by atoms with Crippen molar-refractivity contribution in [2.45, 2.75) is 6.54 Å². The summed E-state index contributed by atoms with van der Waals surface area (Å²) in [5.41, 5.74) is 2.04. The quantitative estimate of drug-likeness (QED) is 0.643. The van der Waals surface area contributed by atoms with E-state index in [0.717, 1.165) is 0 Å². The zero-order chi connectivity index (χ0) is 19.2. The van der Waals surface area contributed by atoms with Crippen LogP contribution in [0, 0.1) is 5.82 Å². The van der Waals surface area contributed by atoms with E-state index in [-0.39, 0.29) is 18.3 Å². The van der Waals surface area contributed by atoms with E-state index in [9.17, 15) is 9.18 Å². The maximum Gasteiger partial charge on any atom is 0.257 e. The number of nitrogens with one attached hydrogen (secondary N) is 2. The van der Waals surface area contributed by atoms with E-state index in [4.69, 9.17) is 16.3 Å². The first kappa shape index (κ1) is 18.7. The van der Waals surface area contributed by atoms with Gasteiger partial charge in [-0.15, -0.1) is 0 Å². The van der Waals surface area contributed by atoms with Crippen LogP contribution < -0.4 is 15.4 Å². The smallest absolute Gasteiger partial charge is 0.257 e. The summed E-state index contributed by atoms with van der Waals surface area (Å²) in [7, 11) is 1.52. The van der Waals surface area contributed by atoms with Gasteiger partial charge in [-0.05, 0) is 30.3 Å². The van der Waals surface area contributed by atoms with Crippen LogP contribution in [0.3, 0.4) is 0 Å². The fraction of sp³-hybridized carbons (Fsp3) is 0.100. The first-order valence-electron chi connectivity index (χ1n) is 8.14. The lowest BCUT2D eigenvalue weighted by Gasteiger charge is -2.10. The molecule has 0 unspecified atom stereocenters. The lowest BCUT2D eigenvalue weighted by molar-refractivity contribution is 0.102. The van der Waals surface area contributed by atoms with Crippen LogP contribution in [-0.2, 0) is 6.54 Å². The molecule has 1 heterocycles. The summed E-state index contributed by atoms with van der Waals surface area (Å²) in [5.74, 6) is -0.0998. The molecular weight excluding hydrogens is 369 g/mol. The van der Waals surface area contributed by atoms with Crippen molar-refractivity contribution >= 4 is 28.9 Å². The van der Waals surface area contributed by atoms with Gasteiger partial charge in [-0.2, -0.15) is 0 Å². The molecule has 7 heteroatoms. The monoisotopic (exact) mass is 385 g/mol. The highest BCUT2D eigenvalue weighted by Crippen LogP contribution is 2.27. The largest absolute Gasteiger partial charge is 0.495 e. The maximum atomic E-state index is 13.7. The zero-order valence-electron chi connectivity index (χ0n) is 14.5. The number of hydrogen-bond acceptors (Lipinski definition) is 4. The van der Waals surface area contributed by atoms with E-state index in [2.05, 4.69) is 15.6 Å². The van der Waals surface area contributed by atoms with Crippen LogP contribution in [0.15, 0.2) is 60.9 Å². The SMILES string of the molecule is COc1ccc(NC(=O)c2cncc(NCc3ccccc3F)c2)cc1Cl. The number of ether oxygens (including phenoxy) is 1. The van der Waals surface area contributed by atoms with Crippen LogP contribution in [0.4, 0.5) is 15.8 Å². The number of hydrogen-bond donors (Lipinski definition) is 2. The van der Waals surface area contributed by atoms with E-state index >= 15 is 0 Å². The number of methoxy groups -OCH3 is 1. The van der Waals surface area contributed by atoms with Gasteiger partial charge < -0.3 is 15.4 Å². The third kappa shape index (κ3) is 4.74. The number of carbonyl (C=O) groups excluding carboxylic acids is 1. The fourth-order valence-electron chi connectivity index (χ4n) is 2.45. The van der Waals surface area contributed by atoms with Crippen molar-refractivity contribution in [1.82, 2.24) is 4.98 Å². The molecule has 0 saturated heterocycles. The third-order valence-corrected chi connectivity index (χ3v) is 4.15. The van der Waals surface area contributed by atoms with Gasteiger partial charge >= 0.3 is 0 Å². The Labute approximate surface area is 161 Å². The number of halogens is 2. The molecule has 5 nitrogen and oxygen atoms in total. The Morgan fingerprint density at radius 1 is 1.15 bits per heavy atom. The highest BCUT2D eigenvalue weighted by atomic mass is 35.5. The molecule has 0 aliphatic rings. The van der Waals surface area contributed by atoms with Crippen molar-refractivity contribution in [3.05, 3.63) is 82.9 Å². The van der Waals surface area contributed by atoms with Gasteiger partial charge in [0.2, 0.25) is 0 Å². The van der Waals surface area contributed by atoms with Crippen LogP contribution in [0.5, 0.6) is 5.75 Å². The molecule has 0 bridgehead atoms. The zero-order valence-corrected chi connectivity index (χ0v) is 15.3. The summed E-state index contributed by atoms with van der Waals surface area (Å²) in [6, 6.07) is 13.1. The second kappa shape index (κ2) is 8.51. The second-order valence-corrected chi connectivity index (χ2v) is 6.12. The Morgan fingerprint density at radius 2 is 1.96 bits per heavy atom. The average Bonchev–Trinajstić information content (AvgIpc) is 2.68. The summed E-state index contributed by atoms with van der Waals surface area (Å²) in [6.07, 6.45) is 3.02. The lowest BCUT2D eigenvalue weighted by atomic mass is 10.2. The number of anilines is 2. The number of rotatable bonds is 6. The Balaban J connectivity index is 1.68. The molecule has 3 rings (SSSR count). The van der Waals surface area contributed by atoms with E-state index in [1.165, 1.54) is 19.4 Å². The molecule has 0 spiro atoms.